The van der Waals surface area contributed by atoms with Crippen LogP contribution in [-0.4, -0.2) is 0 Å². The summed E-state index contributed by atoms with van der Waals surface area (Å²) in [6, 6.07) is 50.8. The van der Waals surface area contributed by atoms with Crippen LogP contribution < -0.4 is 4.90 Å². The van der Waals surface area contributed by atoms with Crippen LogP contribution in [0.2, 0.25) is 0 Å². The van der Waals surface area contributed by atoms with Crippen molar-refractivity contribution in [2.75, 3.05) is 4.90 Å². The number of nitrogens with zero attached hydrogens (tertiary/aromatic N) is 1. The number of anilines is 3. The maximum absolute atomic E-state index is 6.91. The summed E-state index contributed by atoms with van der Waals surface area (Å²) in [7, 11) is 0. The molecule has 3 nitrogen and oxygen atoms in total. The van der Waals surface area contributed by atoms with Gasteiger partial charge in [-0.2, -0.15) is 0 Å². The average Bonchev–Trinajstić information content (AvgIpc) is 3.81. The third-order valence-electron chi connectivity index (χ3n) is 12.1. The predicted molar refractivity (Wildman–Crippen MR) is 236 cm³/mol. The Morgan fingerprint density at radius 2 is 1.09 bits per heavy atom. The second kappa shape index (κ2) is 12.0. The molecule has 0 saturated carbocycles. The van der Waals surface area contributed by atoms with E-state index >= 15 is 0 Å². The number of hydrogen-bond acceptors (Lipinski definition) is 3. The number of rotatable bonds is 4. The Bertz CT molecular complexity index is 3020. The van der Waals surface area contributed by atoms with Gasteiger partial charge in [0.2, 0.25) is 0 Å². The van der Waals surface area contributed by atoms with Crippen LogP contribution in [0.25, 0.3) is 66.1 Å². The Morgan fingerprint density at radius 3 is 1.82 bits per heavy atom. The van der Waals surface area contributed by atoms with E-state index < -0.39 is 0 Å². The van der Waals surface area contributed by atoms with Crippen molar-refractivity contribution in [2.24, 2.45) is 0 Å². The molecule has 0 spiro atoms. The lowest BCUT2D eigenvalue weighted by Gasteiger charge is -2.28. The Morgan fingerprint density at radius 1 is 0.464 bits per heavy atom. The van der Waals surface area contributed by atoms with E-state index in [-0.39, 0.29) is 16.2 Å². The molecule has 0 amide bonds. The van der Waals surface area contributed by atoms with Crippen LogP contribution in [0.3, 0.4) is 0 Å². The monoisotopic (exact) mass is 729 g/mol. The van der Waals surface area contributed by atoms with E-state index in [0.717, 1.165) is 55.6 Å². The van der Waals surface area contributed by atoms with Gasteiger partial charge in [0.15, 0.2) is 0 Å². The molecule has 0 unspecified atom stereocenters. The molecule has 10 rings (SSSR count). The van der Waals surface area contributed by atoms with Crippen molar-refractivity contribution in [1.29, 1.82) is 0 Å². The van der Waals surface area contributed by atoms with Crippen LogP contribution in [0.4, 0.5) is 17.1 Å². The van der Waals surface area contributed by atoms with Gasteiger partial charge in [-0.3, -0.25) is 0 Å². The lowest BCUT2D eigenvalue weighted by atomic mass is 9.79. The molecule has 56 heavy (non-hydrogen) atoms. The third-order valence-corrected chi connectivity index (χ3v) is 12.1. The summed E-state index contributed by atoms with van der Waals surface area (Å²) in [4.78, 5) is 2.36. The highest BCUT2D eigenvalue weighted by Crippen LogP contribution is 2.51. The van der Waals surface area contributed by atoms with E-state index in [1.54, 1.807) is 0 Å². The molecule has 276 valence electrons. The van der Waals surface area contributed by atoms with Gasteiger partial charge in [0.25, 0.3) is 0 Å². The van der Waals surface area contributed by atoms with Crippen molar-refractivity contribution in [3.05, 3.63) is 162 Å². The van der Waals surface area contributed by atoms with Gasteiger partial charge in [-0.15, -0.1) is 0 Å². The summed E-state index contributed by atoms with van der Waals surface area (Å²) in [5.41, 5.74) is 16.7. The summed E-state index contributed by atoms with van der Waals surface area (Å²) in [5, 5.41) is 4.54. The molecule has 3 heteroatoms. The van der Waals surface area contributed by atoms with Gasteiger partial charge in [0.1, 0.15) is 22.3 Å². The highest BCUT2D eigenvalue weighted by molar-refractivity contribution is 6.13. The molecule has 9 aromatic rings. The summed E-state index contributed by atoms with van der Waals surface area (Å²) >= 11 is 0. The van der Waals surface area contributed by atoms with Crippen LogP contribution in [0, 0.1) is 0 Å². The second-order valence-electron chi connectivity index (χ2n) is 18.2. The topological polar surface area (TPSA) is 29.5 Å². The van der Waals surface area contributed by atoms with Crippen LogP contribution in [-0.2, 0) is 16.2 Å². The number of fused-ring (bicyclic) bond motifs is 9. The van der Waals surface area contributed by atoms with Gasteiger partial charge in [0.05, 0.1) is 0 Å². The van der Waals surface area contributed by atoms with Gasteiger partial charge < -0.3 is 13.7 Å². The van der Waals surface area contributed by atoms with Gasteiger partial charge in [-0.05, 0) is 98.3 Å². The van der Waals surface area contributed by atoms with Gasteiger partial charge in [-0.25, -0.2) is 0 Å². The molecule has 1 aliphatic rings. The molecule has 7 aromatic carbocycles. The Hall–Kier alpha value is -6.06. The minimum absolute atomic E-state index is 0.00663. The highest BCUT2D eigenvalue weighted by atomic mass is 16.3. The largest absolute Gasteiger partial charge is 0.456 e. The first kappa shape index (κ1) is 34.4. The molecular formula is C53H47NO2. The van der Waals surface area contributed by atoms with Gasteiger partial charge in [0, 0.05) is 61.7 Å². The lowest BCUT2D eigenvalue weighted by Crippen LogP contribution is -2.16. The number of benzene rings is 7. The second-order valence-corrected chi connectivity index (χ2v) is 18.2. The fraction of sp³-hybridized carbons (Fsp3) is 0.208. The molecule has 0 bridgehead atoms. The van der Waals surface area contributed by atoms with E-state index in [1.165, 1.54) is 49.9 Å². The normalized spacial score (nSPS) is 13.9. The van der Waals surface area contributed by atoms with Crippen molar-refractivity contribution in [2.45, 2.75) is 71.6 Å². The maximum atomic E-state index is 6.91. The minimum atomic E-state index is -0.138. The zero-order valence-electron chi connectivity index (χ0n) is 33.5. The molecular weight excluding hydrogens is 683 g/mol. The van der Waals surface area contributed by atoms with E-state index in [9.17, 15) is 0 Å². The first-order valence-corrected chi connectivity index (χ1v) is 19.8. The number of furan rings is 2. The lowest BCUT2D eigenvalue weighted by molar-refractivity contribution is 0.559. The first-order valence-electron chi connectivity index (χ1n) is 19.8. The third kappa shape index (κ3) is 5.24. The van der Waals surface area contributed by atoms with Gasteiger partial charge >= 0.3 is 0 Å². The summed E-state index contributed by atoms with van der Waals surface area (Å²) in [6.45, 7) is 18.4. The predicted octanol–water partition coefficient (Wildman–Crippen LogP) is 15.5. The summed E-state index contributed by atoms with van der Waals surface area (Å²) < 4.78 is 13.6. The van der Waals surface area contributed by atoms with Crippen LogP contribution in [0.15, 0.2) is 148 Å². The Balaban J connectivity index is 1.19. The van der Waals surface area contributed by atoms with Gasteiger partial charge in [-0.1, -0.05) is 134 Å². The smallest absolute Gasteiger partial charge is 0.139 e. The van der Waals surface area contributed by atoms with E-state index in [4.69, 9.17) is 8.83 Å². The Labute approximate surface area is 329 Å². The fourth-order valence-corrected chi connectivity index (χ4v) is 9.09. The fourth-order valence-electron chi connectivity index (χ4n) is 9.09. The zero-order chi connectivity index (χ0) is 38.7. The highest BCUT2D eigenvalue weighted by Gasteiger charge is 2.36. The van der Waals surface area contributed by atoms with Crippen molar-refractivity contribution < 1.29 is 8.83 Å². The van der Waals surface area contributed by atoms with Crippen molar-refractivity contribution in [3.63, 3.8) is 0 Å². The van der Waals surface area contributed by atoms with Crippen LogP contribution >= 0.6 is 0 Å². The summed E-state index contributed by atoms with van der Waals surface area (Å²) in [5.74, 6) is 0. The molecule has 2 aromatic heterocycles. The van der Waals surface area contributed by atoms with E-state index in [0.29, 0.717) is 0 Å². The first-order chi connectivity index (χ1) is 26.8. The van der Waals surface area contributed by atoms with E-state index in [1.807, 2.05) is 0 Å². The SMILES string of the molecule is CC(C)(C)c1cc(C(C)(C)C)c2oc3cc(N(c4ccc5c(c4)C(C)(C)c4ccccc4-5)c4ccc5c(c4)oc4cccc(-c6ccccc6)c45)ccc3c2c1. The molecule has 1 aliphatic carbocycles. The standard InChI is InChI=1S/C53H47NO2/c1-51(2,3)33-27-42-40-25-22-35(30-47(40)56-50(42)45(28-33)52(4,5)6)54(34-21-24-39-38-17-12-13-19-43(38)53(7,8)44(39)29-34)36-23-26-41-48(31-36)55-46-20-14-18-37(49(41)46)32-15-10-9-11-16-32/h9-31H,1-8H3. The molecule has 0 N–H and O–H groups in total. The molecule has 0 saturated heterocycles. The summed E-state index contributed by atoms with van der Waals surface area (Å²) in [6.07, 6.45) is 0. The molecule has 0 fully saturated rings. The van der Waals surface area contributed by atoms with Crippen molar-refractivity contribution in [3.8, 4) is 22.3 Å². The zero-order valence-corrected chi connectivity index (χ0v) is 33.5. The molecule has 2 heterocycles. The maximum Gasteiger partial charge on any atom is 0.139 e. The van der Waals surface area contributed by atoms with Crippen molar-refractivity contribution in [1.82, 2.24) is 0 Å². The molecule has 0 radical (unpaired) electrons. The minimum Gasteiger partial charge on any atom is -0.456 e. The number of hydrogen-bond donors (Lipinski definition) is 0. The van der Waals surface area contributed by atoms with Crippen molar-refractivity contribution >= 4 is 60.9 Å². The quantitative estimate of drug-likeness (QED) is 0.181. The van der Waals surface area contributed by atoms with Crippen LogP contribution in [0.5, 0.6) is 0 Å². The van der Waals surface area contributed by atoms with E-state index in [2.05, 4.69) is 200 Å². The molecule has 0 atom stereocenters. The van der Waals surface area contributed by atoms with Crippen LogP contribution in [0.1, 0.15) is 77.6 Å². The average molecular weight is 730 g/mol. The Kier molecular flexibility index (Phi) is 7.36. The molecule has 0 aliphatic heterocycles.